The quantitative estimate of drug-likeness (QED) is 0.443. The van der Waals surface area contributed by atoms with Crippen LogP contribution >= 0.6 is 17.2 Å². The Labute approximate surface area is 49.0 Å². The zero-order valence-corrected chi connectivity index (χ0v) is 6.70. The van der Waals surface area contributed by atoms with E-state index in [2.05, 4.69) is 6.92 Å². The van der Waals surface area contributed by atoms with Gasteiger partial charge in [0, 0.05) is 0 Å². The molecule has 3 atom stereocenters. The molecule has 7 heavy (non-hydrogen) atoms. The second-order valence-corrected chi connectivity index (χ2v) is 5.36. The van der Waals surface area contributed by atoms with Crippen molar-refractivity contribution in [2.45, 2.75) is 12.6 Å². The summed E-state index contributed by atoms with van der Waals surface area (Å²) in [6, 6.07) is 0. The van der Waals surface area contributed by atoms with Crippen LogP contribution in [0.2, 0.25) is 0 Å². The molecular weight excluding hydrogens is 122 g/mol. The molecule has 1 heterocycles. The van der Waals surface area contributed by atoms with Gasteiger partial charge in [-0.1, -0.05) is 6.92 Å². The Balaban J connectivity index is 2.12. The fourth-order valence-electron chi connectivity index (χ4n) is 0.798. The van der Waals surface area contributed by atoms with Crippen molar-refractivity contribution in [3.8, 4) is 0 Å². The summed E-state index contributed by atoms with van der Waals surface area (Å²) in [5, 5.41) is 0. The van der Waals surface area contributed by atoms with Crippen LogP contribution in [0.5, 0.6) is 0 Å². The molecule has 0 amide bonds. The van der Waals surface area contributed by atoms with E-state index in [1.54, 1.807) is 0 Å². The summed E-state index contributed by atoms with van der Waals surface area (Å²) < 4.78 is 0. The van der Waals surface area contributed by atoms with E-state index in [-0.39, 0.29) is 0 Å². The molecule has 1 aliphatic rings. The van der Waals surface area contributed by atoms with Crippen LogP contribution in [0.25, 0.3) is 0 Å². The Bertz CT molecular complexity index is 48.0. The first-order valence-corrected chi connectivity index (χ1v) is 5.53. The Kier molecular flexibility index (Phi) is 2.57. The van der Waals surface area contributed by atoms with E-state index in [4.69, 9.17) is 0 Å². The topological polar surface area (TPSA) is 0 Å². The summed E-state index contributed by atoms with van der Waals surface area (Å²) >= 11 is 0. The van der Waals surface area contributed by atoms with Crippen LogP contribution in [0, 0.1) is 0 Å². The lowest BCUT2D eigenvalue weighted by Crippen LogP contribution is -2.04. The molecule has 0 aromatic rings. The molecule has 0 nitrogen and oxygen atoms in total. The molecular formula is C5H12P2. The molecule has 42 valence electrons. The van der Waals surface area contributed by atoms with Gasteiger partial charge >= 0.3 is 0 Å². The molecule has 0 radical (unpaired) electrons. The Morgan fingerprint density at radius 3 is 2.57 bits per heavy atom. The van der Waals surface area contributed by atoms with Gasteiger partial charge < -0.3 is 0 Å². The number of hydrogen-bond acceptors (Lipinski definition) is 0. The largest absolute Gasteiger partial charge is 0.121 e. The predicted octanol–water partition coefficient (Wildman–Crippen LogP) is 1.75. The molecule has 2 heteroatoms. The molecule has 1 aliphatic heterocycles. The number of rotatable bonds is 0. The fraction of sp³-hybridized carbons (Fsp3) is 1.00. The molecule has 0 aromatic heterocycles. The van der Waals surface area contributed by atoms with Gasteiger partial charge in [-0.25, -0.2) is 0 Å². The van der Waals surface area contributed by atoms with Crippen molar-refractivity contribution in [2.75, 3.05) is 18.5 Å². The minimum Gasteiger partial charge on any atom is -0.121 e. The highest BCUT2D eigenvalue weighted by Gasteiger charge is 2.05. The van der Waals surface area contributed by atoms with E-state index in [0.717, 1.165) is 5.66 Å². The summed E-state index contributed by atoms with van der Waals surface area (Å²) in [5.41, 5.74) is 1.08. The van der Waals surface area contributed by atoms with Crippen LogP contribution in [-0.4, -0.2) is 24.1 Å². The molecule has 0 aliphatic carbocycles. The molecule has 0 bridgehead atoms. The van der Waals surface area contributed by atoms with Crippen LogP contribution in [0.1, 0.15) is 6.92 Å². The third-order valence-corrected chi connectivity index (χ3v) is 5.10. The SMILES string of the molecule is CC1CPCCP1. The van der Waals surface area contributed by atoms with Crippen molar-refractivity contribution in [2.24, 2.45) is 0 Å². The van der Waals surface area contributed by atoms with Gasteiger partial charge in [0.25, 0.3) is 0 Å². The Hall–Kier alpha value is 0.860. The molecule has 0 spiro atoms. The molecule has 0 aromatic carbocycles. The molecule has 0 saturated carbocycles. The maximum Gasteiger partial charge on any atom is -0.0228 e. The van der Waals surface area contributed by atoms with Gasteiger partial charge in [0.1, 0.15) is 0 Å². The summed E-state index contributed by atoms with van der Waals surface area (Å²) in [6.07, 6.45) is 4.58. The summed E-state index contributed by atoms with van der Waals surface area (Å²) in [5.74, 6) is 0. The zero-order chi connectivity index (χ0) is 5.11. The van der Waals surface area contributed by atoms with Gasteiger partial charge in [-0.05, 0) is 24.1 Å². The normalized spacial score (nSPS) is 39.9. The van der Waals surface area contributed by atoms with Gasteiger partial charge in [-0.3, -0.25) is 0 Å². The van der Waals surface area contributed by atoms with Crippen LogP contribution in [0.3, 0.4) is 0 Å². The average Bonchev–Trinajstić information content (AvgIpc) is 1.69. The fourth-order valence-corrected chi connectivity index (χ4v) is 4.22. The molecule has 1 saturated heterocycles. The van der Waals surface area contributed by atoms with Crippen LogP contribution < -0.4 is 0 Å². The highest BCUT2D eigenvalue weighted by atomic mass is 31.1. The molecule has 3 unspecified atom stereocenters. The molecule has 0 N–H and O–H groups in total. The van der Waals surface area contributed by atoms with Gasteiger partial charge in [0.15, 0.2) is 0 Å². The Morgan fingerprint density at radius 1 is 1.43 bits per heavy atom. The predicted molar refractivity (Wildman–Crippen MR) is 40.7 cm³/mol. The third-order valence-electron chi connectivity index (χ3n) is 1.25. The second-order valence-electron chi connectivity index (χ2n) is 2.06. The first-order valence-electron chi connectivity index (χ1n) is 2.83. The van der Waals surface area contributed by atoms with E-state index in [0.29, 0.717) is 0 Å². The lowest BCUT2D eigenvalue weighted by molar-refractivity contribution is 1.09. The monoisotopic (exact) mass is 134 g/mol. The highest BCUT2D eigenvalue weighted by Crippen LogP contribution is 2.32. The molecule has 1 fully saturated rings. The van der Waals surface area contributed by atoms with E-state index < -0.39 is 0 Å². The second kappa shape index (κ2) is 3.00. The van der Waals surface area contributed by atoms with E-state index >= 15 is 0 Å². The van der Waals surface area contributed by atoms with Crippen molar-refractivity contribution in [1.29, 1.82) is 0 Å². The van der Waals surface area contributed by atoms with Gasteiger partial charge in [0.05, 0.1) is 0 Å². The van der Waals surface area contributed by atoms with Crippen LogP contribution in [0.15, 0.2) is 0 Å². The van der Waals surface area contributed by atoms with Crippen molar-refractivity contribution in [1.82, 2.24) is 0 Å². The van der Waals surface area contributed by atoms with Gasteiger partial charge in [-0.15, -0.1) is 17.2 Å². The minimum absolute atomic E-state index is 1.08. The van der Waals surface area contributed by atoms with E-state index in [9.17, 15) is 0 Å². The maximum absolute atomic E-state index is 2.38. The smallest absolute Gasteiger partial charge is 0.0228 e. The van der Waals surface area contributed by atoms with E-state index in [1.807, 2.05) is 0 Å². The summed E-state index contributed by atoms with van der Waals surface area (Å²) in [6.45, 7) is 2.38. The first-order chi connectivity index (χ1) is 3.39. The highest BCUT2D eigenvalue weighted by molar-refractivity contribution is 7.47. The molecule has 1 rings (SSSR count). The summed E-state index contributed by atoms with van der Waals surface area (Å²) in [4.78, 5) is 0. The maximum atomic E-state index is 2.38. The third kappa shape index (κ3) is 2.06. The standard InChI is InChI=1S/C5H12P2/c1-5-4-6-2-3-7-5/h5-7H,2-4H2,1H3. The van der Waals surface area contributed by atoms with E-state index in [1.165, 1.54) is 35.6 Å². The van der Waals surface area contributed by atoms with Crippen molar-refractivity contribution < 1.29 is 0 Å². The lowest BCUT2D eigenvalue weighted by Gasteiger charge is -2.16. The average molecular weight is 134 g/mol. The minimum atomic E-state index is 1.08. The summed E-state index contributed by atoms with van der Waals surface area (Å²) in [7, 11) is 2.57. The van der Waals surface area contributed by atoms with Crippen molar-refractivity contribution in [3.05, 3.63) is 0 Å². The first kappa shape index (κ1) is 5.99. The van der Waals surface area contributed by atoms with Crippen molar-refractivity contribution >= 4 is 17.2 Å². The van der Waals surface area contributed by atoms with Crippen LogP contribution in [-0.2, 0) is 0 Å². The van der Waals surface area contributed by atoms with Gasteiger partial charge in [-0.2, -0.15) is 0 Å². The zero-order valence-electron chi connectivity index (χ0n) is 4.70. The Morgan fingerprint density at radius 2 is 2.29 bits per heavy atom. The van der Waals surface area contributed by atoms with Crippen LogP contribution in [0.4, 0.5) is 0 Å². The lowest BCUT2D eigenvalue weighted by atomic mass is 10.6. The van der Waals surface area contributed by atoms with Crippen molar-refractivity contribution in [3.63, 3.8) is 0 Å². The van der Waals surface area contributed by atoms with Gasteiger partial charge in [0.2, 0.25) is 0 Å². The number of hydrogen-bond donors (Lipinski definition) is 0.